The maximum Gasteiger partial charge on any atom is 0.456 e. The minimum absolute atomic E-state index is 0.487. The van der Waals surface area contributed by atoms with Crippen molar-refractivity contribution in [2.45, 2.75) is 25.5 Å². The zero-order valence-electron chi connectivity index (χ0n) is 28.6. The highest BCUT2D eigenvalue weighted by Gasteiger charge is 2.49. The molecule has 0 saturated heterocycles. The summed E-state index contributed by atoms with van der Waals surface area (Å²) in [6.45, 7) is 3.83. The molecule has 0 spiro atoms. The van der Waals surface area contributed by atoms with Gasteiger partial charge in [0.2, 0.25) is 0 Å². The average Bonchev–Trinajstić information content (AvgIpc) is 3.26. The first-order valence-corrected chi connectivity index (χ1v) is 21.6. The molecule has 12 heteroatoms. The molecule has 0 saturated carbocycles. The molecule has 9 nitrogen and oxygen atoms in total. The van der Waals surface area contributed by atoms with E-state index in [-0.39, 0.29) is 0 Å². The number of para-hydroxylation sites is 6. The molecule has 0 radical (unpaired) electrons. The van der Waals surface area contributed by atoms with Gasteiger partial charge in [-0.1, -0.05) is 109 Å². The third-order valence-electron chi connectivity index (χ3n) is 7.68. The highest BCUT2D eigenvalue weighted by atomic mass is 31.2. The molecule has 0 aromatic heterocycles. The van der Waals surface area contributed by atoms with Gasteiger partial charge >= 0.3 is 15.2 Å². The highest BCUT2D eigenvalue weighted by Crippen LogP contribution is 2.76. The van der Waals surface area contributed by atoms with Crippen LogP contribution in [0, 0.1) is 0 Å². The first-order valence-electron chi connectivity index (χ1n) is 16.8. The zero-order valence-corrected chi connectivity index (χ0v) is 31.3. The molecule has 1 heterocycles. The van der Waals surface area contributed by atoms with E-state index in [1.807, 2.05) is 196 Å². The molecule has 0 bridgehead atoms. The second-order valence-electron chi connectivity index (χ2n) is 11.6. The van der Waals surface area contributed by atoms with E-state index >= 15 is 0 Å². The Kier molecular flexibility index (Phi) is 10.8. The van der Waals surface area contributed by atoms with Crippen molar-refractivity contribution in [3.05, 3.63) is 182 Å². The second kappa shape index (κ2) is 16.0. The van der Waals surface area contributed by atoms with E-state index in [2.05, 4.69) is 0 Å². The van der Waals surface area contributed by atoms with Crippen LogP contribution in [0.5, 0.6) is 34.5 Å². The van der Waals surface area contributed by atoms with Crippen LogP contribution in [0.2, 0.25) is 0 Å². The number of rotatable bonds is 13. The maximum absolute atomic E-state index is 7.02. The Balaban J connectivity index is 1.56. The van der Waals surface area contributed by atoms with Crippen molar-refractivity contribution >= 4 is 22.6 Å². The first kappa shape index (κ1) is 35.2. The largest absolute Gasteiger partial charge is 0.479 e. The van der Waals surface area contributed by atoms with Crippen LogP contribution in [0.15, 0.2) is 196 Å². The van der Waals surface area contributed by atoms with Gasteiger partial charge in [-0.15, -0.1) is 9.03 Å². The summed E-state index contributed by atoms with van der Waals surface area (Å²) in [5, 5.41) is 0. The predicted molar refractivity (Wildman–Crippen MR) is 209 cm³/mol. The van der Waals surface area contributed by atoms with Gasteiger partial charge in [-0.05, 0) is 86.6 Å². The van der Waals surface area contributed by atoms with Gasteiger partial charge in [0.05, 0.1) is 0 Å². The maximum atomic E-state index is 7.02. The van der Waals surface area contributed by atoms with Crippen LogP contribution in [-0.2, 0) is 0 Å². The molecule has 0 amide bonds. The first-order chi connectivity index (χ1) is 25.4. The summed E-state index contributed by atoms with van der Waals surface area (Å²) in [7, 11) is -11.1. The lowest BCUT2D eigenvalue weighted by atomic mass is 10.3. The molecule has 0 N–H and O–H groups in total. The molecule has 1 aliphatic rings. The van der Waals surface area contributed by atoms with Gasteiger partial charge in [0.25, 0.3) is 7.43 Å². The van der Waals surface area contributed by atoms with Crippen molar-refractivity contribution < 1.29 is 27.4 Å². The van der Waals surface area contributed by atoms with E-state index in [1.54, 1.807) is 0 Å². The Morgan fingerprint density at radius 2 is 0.750 bits per heavy atom. The fourth-order valence-corrected chi connectivity index (χ4v) is 15.2. The normalized spacial score (nSPS) is 19.2. The second-order valence-corrected chi connectivity index (χ2v) is 19.0. The van der Waals surface area contributed by atoms with Gasteiger partial charge in [0.1, 0.15) is 34.5 Å². The van der Waals surface area contributed by atoms with Gasteiger partial charge in [0, 0.05) is 0 Å². The highest BCUT2D eigenvalue weighted by molar-refractivity contribution is 7.75. The molecule has 3 atom stereocenters. The summed E-state index contributed by atoms with van der Waals surface area (Å²) in [5.41, 5.74) is 0. The van der Waals surface area contributed by atoms with Crippen molar-refractivity contribution in [3.8, 4) is 34.5 Å². The lowest BCUT2D eigenvalue weighted by Gasteiger charge is -2.30. The van der Waals surface area contributed by atoms with Gasteiger partial charge < -0.3 is 27.4 Å². The zero-order chi connectivity index (χ0) is 35.7. The topological polar surface area (TPSA) is 92.5 Å². The van der Waals surface area contributed by atoms with Crippen molar-refractivity contribution in [2.24, 2.45) is 13.8 Å². The van der Waals surface area contributed by atoms with E-state index in [9.17, 15) is 0 Å². The summed E-state index contributed by atoms with van der Waals surface area (Å²) < 4.78 is 58.0. The van der Waals surface area contributed by atoms with Crippen LogP contribution >= 0.6 is 22.6 Å². The van der Waals surface area contributed by atoms with Crippen LogP contribution in [0.4, 0.5) is 0 Å². The summed E-state index contributed by atoms with van der Waals surface area (Å²) in [5.74, 6) is 1.74. The van der Waals surface area contributed by atoms with Crippen LogP contribution < -0.4 is 27.4 Å². The minimum Gasteiger partial charge on any atom is -0.479 e. The predicted octanol–water partition coefficient (Wildman–Crippen LogP) is 13.2. The number of benzene rings is 6. The molecule has 7 rings (SSSR count). The minimum atomic E-state index is -3.93. The number of ether oxygens (including phenoxy) is 1. The van der Waals surface area contributed by atoms with Crippen LogP contribution in [0.1, 0.15) is 13.8 Å². The van der Waals surface area contributed by atoms with Crippen LogP contribution in [-0.4, -0.2) is 11.6 Å². The molecule has 1 aliphatic heterocycles. The van der Waals surface area contributed by atoms with E-state index in [1.165, 1.54) is 0 Å². The number of hydrogen-bond acceptors (Lipinski definition) is 9. The summed E-state index contributed by atoms with van der Waals surface area (Å²) in [6.07, 6.45) is 0. The van der Waals surface area contributed by atoms with Crippen molar-refractivity contribution in [1.82, 2.24) is 0 Å². The quantitative estimate of drug-likeness (QED) is 0.109. The summed E-state index contributed by atoms with van der Waals surface area (Å²) >= 11 is 0. The molecule has 264 valence electrons. The lowest BCUT2D eigenvalue weighted by molar-refractivity contribution is 0.287. The van der Waals surface area contributed by atoms with Crippen molar-refractivity contribution in [1.29, 1.82) is 0 Å². The Bertz CT molecular complexity index is 2120. The fraction of sp³-hybridized carbons (Fsp3) is 0.100. The van der Waals surface area contributed by atoms with Gasteiger partial charge in [-0.2, -0.15) is 0 Å². The molecule has 6 aromatic carbocycles. The van der Waals surface area contributed by atoms with Gasteiger partial charge in [-0.3, -0.25) is 0 Å². The molecule has 0 aliphatic carbocycles. The fourth-order valence-electron chi connectivity index (χ4n) is 5.23. The number of hydrogen-bond donors (Lipinski definition) is 0. The third kappa shape index (κ3) is 8.46. The molecule has 0 fully saturated rings. The molecule has 52 heavy (non-hydrogen) atoms. The van der Waals surface area contributed by atoms with E-state index in [0.29, 0.717) is 34.5 Å². The van der Waals surface area contributed by atoms with E-state index < -0.39 is 34.2 Å². The molecular weight excluding hydrogens is 711 g/mol. The Morgan fingerprint density at radius 3 is 1.13 bits per heavy atom. The summed E-state index contributed by atoms with van der Waals surface area (Å²) in [6, 6.07) is 56.6. The Morgan fingerprint density at radius 1 is 0.423 bits per heavy atom. The monoisotopic (exact) mass is 749 g/mol. The Labute approximate surface area is 304 Å². The summed E-state index contributed by atoms with van der Waals surface area (Å²) in [4.78, 5) is 0. The SMILES string of the molecule is CC(Oc1ccccc1)P1(Oc2ccccc2)=NC(C)P(Oc2ccccc2)(Oc2ccccc2)=NP(Oc2ccccc2)(Oc2ccccc2)=N1. The van der Waals surface area contributed by atoms with E-state index in [4.69, 9.17) is 41.1 Å². The number of nitrogens with zero attached hydrogens (tertiary/aromatic N) is 3. The Hall–Kier alpha value is -5.19. The molecule has 3 unspecified atom stereocenters. The lowest BCUT2D eigenvalue weighted by Crippen LogP contribution is -2.18. The van der Waals surface area contributed by atoms with Crippen LogP contribution in [0.25, 0.3) is 0 Å². The standard InChI is InChI=1S/C40H38N3O6P3/c1-33-41-50(45-36-23-11-4-12-24-36,34(2)44-35-21-9-3-10-22-35)42-52(48-39-29-17-7-18-30-39,49-40-31-19-8-20-32-40)43-51(33,46-37-25-13-5-14-26-37)47-38-27-15-6-16-28-38/h3-34H,1-2H3. The van der Waals surface area contributed by atoms with E-state index in [0.717, 1.165) is 0 Å². The average molecular weight is 750 g/mol. The van der Waals surface area contributed by atoms with Crippen molar-refractivity contribution in [2.75, 3.05) is 0 Å². The van der Waals surface area contributed by atoms with Gasteiger partial charge in [-0.25, -0.2) is 4.74 Å². The molecule has 6 aromatic rings. The smallest absolute Gasteiger partial charge is 0.456 e. The van der Waals surface area contributed by atoms with Gasteiger partial charge in [0.15, 0.2) is 11.6 Å². The van der Waals surface area contributed by atoms with Crippen LogP contribution in [0.3, 0.4) is 0 Å². The molecular formula is C40H38N3O6P3. The third-order valence-corrected chi connectivity index (χ3v) is 16.8. The van der Waals surface area contributed by atoms with Crippen molar-refractivity contribution in [3.63, 3.8) is 0 Å².